The van der Waals surface area contributed by atoms with Crippen LogP contribution in [-0.2, 0) is 10.0 Å². The van der Waals surface area contributed by atoms with Crippen molar-refractivity contribution in [1.82, 2.24) is 5.32 Å². The summed E-state index contributed by atoms with van der Waals surface area (Å²) in [5.74, 6) is -0.157. The maximum absolute atomic E-state index is 13.0. The van der Waals surface area contributed by atoms with Crippen LogP contribution in [0, 0.1) is 20.8 Å². The predicted molar refractivity (Wildman–Crippen MR) is 125 cm³/mol. The summed E-state index contributed by atoms with van der Waals surface area (Å²) in [6.07, 6.45) is 0. The fourth-order valence-electron chi connectivity index (χ4n) is 3.29. The van der Waals surface area contributed by atoms with E-state index >= 15 is 0 Å². The Morgan fingerprint density at radius 3 is 2.23 bits per heavy atom. The number of carbonyl (C=O) groups excluding carboxylic acids is 1. The quantitative estimate of drug-likeness (QED) is 0.550. The van der Waals surface area contributed by atoms with E-state index in [1.54, 1.807) is 31.2 Å². The van der Waals surface area contributed by atoms with Crippen molar-refractivity contribution < 1.29 is 13.2 Å². The molecule has 0 aliphatic heterocycles. The minimum atomic E-state index is -3.83. The molecule has 0 bridgehead atoms. The van der Waals surface area contributed by atoms with Gasteiger partial charge in [0.05, 0.1) is 4.90 Å². The lowest BCUT2D eigenvalue weighted by Crippen LogP contribution is -2.28. The summed E-state index contributed by atoms with van der Waals surface area (Å²) in [5, 5.41) is 2.90. The molecule has 5 nitrogen and oxygen atoms in total. The van der Waals surface area contributed by atoms with Crippen molar-refractivity contribution in [3.8, 4) is 0 Å². The van der Waals surface area contributed by atoms with Gasteiger partial charge in [0.25, 0.3) is 15.9 Å². The Labute approximate surface area is 184 Å². The first-order chi connectivity index (χ1) is 14.7. The van der Waals surface area contributed by atoms with Crippen LogP contribution in [0.25, 0.3) is 0 Å². The van der Waals surface area contributed by atoms with Crippen molar-refractivity contribution in [2.24, 2.45) is 0 Å². The molecule has 1 amide bonds. The molecule has 162 valence electrons. The van der Waals surface area contributed by atoms with Crippen LogP contribution < -0.4 is 10.0 Å². The van der Waals surface area contributed by atoms with E-state index in [4.69, 9.17) is 0 Å². The van der Waals surface area contributed by atoms with Crippen molar-refractivity contribution in [3.05, 3.63) is 94.5 Å². The first-order valence-electron chi connectivity index (χ1n) is 10.2. The molecule has 0 heterocycles. The molecule has 31 heavy (non-hydrogen) atoms. The summed E-state index contributed by atoms with van der Waals surface area (Å²) in [5.41, 5.74) is 4.60. The fourth-order valence-corrected chi connectivity index (χ4v) is 4.61. The minimum absolute atomic E-state index is 0.0921. The normalized spacial score (nSPS) is 12.3. The summed E-state index contributed by atoms with van der Waals surface area (Å²) >= 11 is 0. The number of rotatable bonds is 7. The number of hydrogen-bond donors (Lipinski definition) is 2. The van der Waals surface area contributed by atoms with Gasteiger partial charge in [-0.25, -0.2) is 8.42 Å². The molecule has 0 saturated heterocycles. The number of nitrogens with one attached hydrogen (secondary N) is 2. The van der Waals surface area contributed by atoms with E-state index < -0.39 is 10.0 Å². The smallest absolute Gasteiger partial charge is 0.262 e. The van der Waals surface area contributed by atoms with Gasteiger partial charge >= 0.3 is 0 Å². The Balaban J connectivity index is 1.77. The van der Waals surface area contributed by atoms with E-state index in [9.17, 15) is 13.2 Å². The van der Waals surface area contributed by atoms with Gasteiger partial charge in [-0.2, -0.15) is 0 Å². The highest BCUT2D eigenvalue weighted by Gasteiger charge is 2.20. The Bertz CT molecular complexity index is 1190. The van der Waals surface area contributed by atoms with Gasteiger partial charge in [0.1, 0.15) is 0 Å². The van der Waals surface area contributed by atoms with Crippen LogP contribution in [-0.4, -0.2) is 20.9 Å². The second-order valence-electron chi connectivity index (χ2n) is 7.91. The van der Waals surface area contributed by atoms with Crippen LogP contribution in [0.4, 0.5) is 5.69 Å². The number of aryl methyl sites for hydroxylation is 3. The zero-order valence-corrected chi connectivity index (χ0v) is 19.1. The fraction of sp³-hybridized carbons (Fsp3) is 0.240. The molecule has 3 rings (SSSR count). The van der Waals surface area contributed by atoms with Gasteiger partial charge < -0.3 is 5.32 Å². The molecular weight excluding hydrogens is 408 g/mol. The van der Waals surface area contributed by atoms with E-state index in [2.05, 4.69) is 10.0 Å². The highest BCUT2D eigenvalue weighted by molar-refractivity contribution is 7.92. The van der Waals surface area contributed by atoms with Crippen molar-refractivity contribution in [1.29, 1.82) is 0 Å². The molecule has 0 aliphatic carbocycles. The van der Waals surface area contributed by atoms with Gasteiger partial charge in [-0.3, -0.25) is 9.52 Å². The Morgan fingerprint density at radius 2 is 1.55 bits per heavy atom. The molecule has 0 unspecified atom stereocenters. The predicted octanol–water partition coefficient (Wildman–Crippen LogP) is 4.95. The highest BCUT2D eigenvalue weighted by atomic mass is 32.2. The lowest BCUT2D eigenvalue weighted by molar-refractivity contribution is 0.0951. The SMILES string of the molecule is Cc1ccc(NS(=O)(=O)c2cc(C(=O)NC[C@H](C)c3ccccc3)ccc2C)cc1C. The van der Waals surface area contributed by atoms with E-state index in [0.717, 1.165) is 16.7 Å². The molecule has 1 atom stereocenters. The molecule has 0 spiro atoms. The number of sulfonamides is 1. The molecule has 0 fully saturated rings. The number of benzene rings is 3. The lowest BCUT2D eigenvalue weighted by Gasteiger charge is -2.15. The van der Waals surface area contributed by atoms with E-state index in [1.165, 1.54) is 6.07 Å². The van der Waals surface area contributed by atoms with E-state index in [-0.39, 0.29) is 16.7 Å². The lowest BCUT2D eigenvalue weighted by atomic mass is 10.0. The summed E-state index contributed by atoms with van der Waals surface area (Å²) in [4.78, 5) is 12.8. The summed E-state index contributed by atoms with van der Waals surface area (Å²) in [7, 11) is -3.83. The highest BCUT2D eigenvalue weighted by Crippen LogP contribution is 2.22. The number of carbonyl (C=O) groups is 1. The van der Waals surface area contributed by atoms with Crippen LogP contribution in [0.15, 0.2) is 71.6 Å². The van der Waals surface area contributed by atoms with Crippen molar-refractivity contribution in [2.75, 3.05) is 11.3 Å². The third-order valence-electron chi connectivity index (χ3n) is 5.44. The molecular formula is C25H28N2O3S. The molecule has 0 aliphatic rings. The van der Waals surface area contributed by atoms with Crippen LogP contribution >= 0.6 is 0 Å². The molecule has 2 N–H and O–H groups in total. The Hall–Kier alpha value is -3.12. The molecule has 0 saturated carbocycles. The van der Waals surface area contributed by atoms with Gasteiger partial charge in [0.2, 0.25) is 0 Å². The maximum Gasteiger partial charge on any atom is 0.262 e. The third-order valence-corrected chi connectivity index (χ3v) is 6.96. The molecule has 3 aromatic carbocycles. The van der Waals surface area contributed by atoms with Crippen LogP contribution in [0.2, 0.25) is 0 Å². The first kappa shape index (κ1) is 22.6. The Kier molecular flexibility index (Phi) is 6.81. The number of amides is 1. The van der Waals surface area contributed by atoms with Gasteiger partial charge in [0, 0.05) is 17.8 Å². The second kappa shape index (κ2) is 9.35. The van der Waals surface area contributed by atoms with Gasteiger partial charge in [0.15, 0.2) is 0 Å². The number of anilines is 1. The first-order valence-corrected chi connectivity index (χ1v) is 11.7. The van der Waals surface area contributed by atoms with Crippen LogP contribution in [0.5, 0.6) is 0 Å². The molecule has 0 radical (unpaired) electrons. The van der Waals surface area contributed by atoms with Gasteiger partial charge in [-0.1, -0.05) is 49.4 Å². The summed E-state index contributed by atoms with van der Waals surface area (Å²) < 4.78 is 28.6. The average molecular weight is 437 g/mol. The second-order valence-corrected chi connectivity index (χ2v) is 9.56. The zero-order valence-electron chi connectivity index (χ0n) is 18.3. The molecule has 6 heteroatoms. The summed E-state index contributed by atoms with van der Waals surface area (Å²) in [6.45, 7) is 8.11. The topological polar surface area (TPSA) is 75.3 Å². The van der Waals surface area contributed by atoms with Gasteiger partial charge in [-0.05, 0) is 73.2 Å². The third kappa shape index (κ3) is 5.52. The van der Waals surface area contributed by atoms with E-state index in [0.29, 0.717) is 23.4 Å². The molecule has 3 aromatic rings. The monoisotopic (exact) mass is 436 g/mol. The zero-order chi connectivity index (χ0) is 22.6. The molecule has 0 aromatic heterocycles. The average Bonchev–Trinajstić information content (AvgIpc) is 2.75. The van der Waals surface area contributed by atoms with Gasteiger partial charge in [-0.15, -0.1) is 0 Å². The maximum atomic E-state index is 13.0. The Morgan fingerprint density at radius 1 is 0.871 bits per heavy atom. The van der Waals surface area contributed by atoms with E-state index in [1.807, 2.05) is 57.2 Å². The van der Waals surface area contributed by atoms with Crippen LogP contribution in [0.1, 0.15) is 45.5 Å². The van der Waals surface area contributed by atoms with Crippen molar-refractivity contribution >= 4 is 21.6 Å². The van der Waals surface area contributed by atoms with Crippen molar-refractivity contribution in [2.45, 2.75) is 38.5 Å². The summed E-state index contributed by atoms with van der Waals surface area (Å²) in [6, 6.07) is 20.1. The largest absolute Gasteiger partial charge is 0.351 e. The van der Waals surface area contributed by atoms with Crippen LogP contribution in [0.3, 0.4) is 0 Å². The minimum Gasteiger partial charge on any atom is -0.351 e. The standard InChI is InChI=1S/C25H28N2O3S/c1-17-11-13-23(14-19(17)3)27-31(29,30)24-15-22(12-10-18(24)2)25(28)26-16-20(4)21-8-6-5-7-9-21/h5-15,20,27H,16H2,1-4H3,(H,26,28)/t20-/m0/s1. The number of hydrogen-bond acceptors (Lipinski definition) is 3. The van der Waals surface area contributed by atoms with Crippen molar-refractivity contribution in [3.63, 3.8) is 0 Å².